The number of hydrogen-bond acceptors (Lipinski definition) is 2. The Morgan fingerprint density at radius 2 is 2.25 bits per heavy atom. The van der Waals surface area contributed by atoms with Gasteiger partial charge >= 0.3 is 5.97 Å². The van der Waals surface area contributed by atoms with Crippen molar-refractivity contribution in [2.75, 3.05) is 0 Å². The molecule has 86 valence electrons. The fourth-order valence-corrected chi connectivity index (χ4v) is 1.89. The van der Waals surface area contributed by atoms with Gasteiger partial charge in [0.05, 0.1) is 0 Å². The first-order valence-corrected chi connectivity index (χ1v) is 5.28. The van der Waals surface area contributed by atoms with E-state index in [1.54, 1.807) is 12.4 Å². The van der Waals surface area contributed by atoms with Gasteiger partial charge in [0, 0.05) is 18.9 Å². The molecule has 1 aliphatic carbocycles. The number of aliphatic carboxylic acids is 1. The van der Waals surface area contributed by atoms with Crippen molar-refractivity contribution in [3.8, 4) is 0 Å². The van der Waals surface area contributed by atoms with Crippen LogP contribution in [0.3, 0.4) is 0 Å². The van der Waals surface area contributed by atoms with Crippen molar-refractivity contribution in [3.05, 3.63) is 24.0 Å². The number of aromatic nitrogens is 1. The molecular formula is C11H14N2O3. The van der Waals surface area contributed by atoms with E-state index in [9.17, 15) is 9.59 Å². The first kappa shape index (κ1) is 10.7. The second-order valence-electron chi connectivity index (χ2n) is 4.14. The topological polar surface area (TPSA) is 82.2 Å². The van der Waals surface area contributed by atoms with E-state index in [1.165, 1.54) is 0 Å². The first-order chi connectivity index (χ1) is 7.65. The van der Waals surface area contributed by atoms with E-state index in [2.05, 4.69) is 10.3 Å². The number of carboxylic acid groups (broad SMARTS) is 1. The smallest absolute Gasteiger partial charge is 0.319 e. The molecule has 0 atom stereocenters. The fraction of sp³-hybridized carbons (Fsp3) is 0.455. The Morgan fingerprint density at radius 1 is 1.50 bits per heavy atom. The Morgan fingerprint density at radius 3 is 2.69 bits per heavy atom. The molecule has 2 rings (SSSR count). The van der Waals surface area contributed by atoms with Gasteiger partial charge in [-0.05, 0) is 24.5 Å². The van der Waals surface area contributed by atoms with Crippen molar-refractivity contribution in [2.45, 2.75) is 25.8 Å². The molecule has 0 spiro atoms. The molecule has 5 nitrogen and oxygen atoms in total. The summed E-state index contributed by atoms with van der Waals surface area (Å²) in [6.07, 6.45) is 5.23. The second-order valence-corrected chi connectivity index (χ2v) is 4.14. The summed E-state index contributed by atoms with van der Waals surface area (Å²) in [4.78, 5) is 25.7. The van der Waals surface area contributed by atoms with Gasteiger partial charge in [0.2, 0.25) is 5.91 Å². The van der Waals surface area contributed by atoms with E-state index in [0.717, 1.165) is 12.0 Å². The SMILES string of the molecule is O=C(O)C1(C(=O)NCc2cc[nH]c2)CCC1. The average Bonchev–Trinajstić information content (AvgIpc) is 2.64. The van der Waals surface area contributed by atoms with E-state index in [0.29, 0.717) is 19.4 Å². The van der Waals surface area contributed by atoms with Gasteiger partial charge in [-0.25, -0.2) is 0 Å². The summed E-state index contributed by atoms with van der Waals surface area (Å²) in [5.41, 5.74) is -0.232. The molecule has 16 heavy (non-hydrogen) atoms. The molecule has 1 fully saturated rings. The molecule has 0 aliphatic heterocycles. The lowest BCUT2D eigenvalue weighted by Gasteiger charge is -2.35. The number of carbonyl (C=O) groups is 2. The van der Waals surface area contributed by atoms with Gasteiger partial charge in [-0.3, -0.25) is 9.59 Å². The standard InChI is InChI=1S/C11H14N2O3/c14-9(11(10(15)16)3-1-4-11)13-7-8-2-5-12-6-8/h2,5-6,12H,1,3-4,7H2,(H,13,14)(H,15,16). The lowest BCUT2D eigenvalue weighted by molar-refractivity contribution is -0.162. The first-order valence-electron chi connectivity index (χ1n) is 5.28. The quantitative estimate of drug-likeness (QED) is 0.661. The Labute approximate surface area is 92.9 Å². The number of nitrogens with one attached hydrogen (secondary N) is 2. The van der Waals surface area contributed by atoms with Crippen LogP contribution < -0.4 is 5.32 Å². The van der Waals surface area contributed by atoms with Gasteiger partial charge in [-0.2, -0.15) is 0 Å². The van der Waals surface area contributed by atoms with Crippen molar-refractivity contribution in [3.63, 3.8) is 0 Å². The van der Waals surface area contributed by atoms with Crippen molar-refractivity contribution in [1.82, 2.24) is 10.3 Å². The molecule has 0 saturated heterocycles. The zero-order chi connectivity index (χ0) is 11.6. The van der Waals surface area contributed by atoms with Crippen LogP contribution in [0.25, 0.3) is 0 Å². The summed E-state index contributed by atoms with van der Waals surface area (Å²) in [6.45, 7) is 0.372. The van der Waals surface area contributed by atoms with Crippen molar-refractivity contribution in [1.29, 1.82) is 0 Å². The van der Waals surface area contributed by atoms with Crippen LogP contribution >= 0.6 is 0 Å². The zero-order valence-electron chi connectivity index (χ0n) is 8.82. The van der Waals surface area contributed by atoms with Gasteiger partial charge in [0.1, 0.15) is 5.41 Å². The molecule has 0 unspecified atom stereocenters. The molecule has 1 heterocycles. The minimum atomic E-state index is -1.17. The van der Waals surface area contributed by atoms with Crippen LogP contribution in [0.1, 0.15) is 24.8 Å². The highest BCUT2D eigenvalue weighted by Gasteiger charge is 2.50. The Kier molecular flexibility index (Phi) is 2.68. The monoisotopic (exact) mass is 222 g/mol. The molecule has 0 bridgehead atoms. The minimum absolute atomic E-state index is 0.368. The normalized spacial score (nSPS) is 17.5. The Balaban J connectivity index is 1.95. The van der Waals surface area contributed by atoms with Gasteiger partial charge in [-0.15, -0.1) is 0 Å². The largest absolute Gasteiger partial charge is 0.480 e. The number of rotatable bonds is 4. The molecule has 5 heteroatoms. The van der Waals surface area contributed by atoms with Crippen LogP contribution in [0.4, 0.5) is 0 Å². The van der Waals surface area contributed by atoms with Crippen LogP contribution in [0.5, 0.6) is 0 Å². The summed E-state index contributed by atoms with van der Waals surface area (Å²) >= 11 is 0. The van der Waals surface area contributed by atoms with Gasteiger partial charge < -0.3 is 15.4 Å². The lowest BCUT2D eigenvalue weighted by atomic mass is 9.68. The van der Waals surface area contributed by atoms with Crippen LogP contribution in [-0.2, 0) is 16.1 Å². The zero-order valence-corrected chi connectivity index (χ0v) is 8.82. The Hall–Kier alpha value is -1.78. The number of H-pyrrole nitrogens is 1. The highest BCUT2D eigenvalue weighted by molar-refractivity contribution is 6.02. The third-order valence-electron chi connectivity index (χ3n) is 3.17. The second kappa shape index (κ2) is 4.00. The van der Waals surface area contributed by atoms with Crippen LogP contribution in [0, 0.1) is 5.41 Å². The summed E-state index contributed by atoms with van der Waals surface area (Å²) in [7, 11) is 0. The molecule has 3 N–H and O–H groups in total. The van der Waals surface area contributed by atoms with Crippen molar-refractivity contribution in [2.24, 2.45) is 5.41 Å². The molecule has 1 saturated carbocycles. The van der Waals surface area contributed by atoms with Crippen molar-refractivity contribution < 1.29 is 14.7 Å². The molecule has 0 radical (unpaired) electrons. The predicted molar refractivity (Wildman–Crippen MR) is 56.6 cm³/mol. The maximum absolute atomic E-state index is 11.8. The lowest BCUT2D eigenvalue weighted by Crippen LogP contribution is -2.50. The van der Waals surface area contributed by atoms with Crippen LogP contribution in [0.2, 0.25) is 0 Å². The number of carbonyl (C=O) groups excluding carboxylic acids is 1. The third kappa shape index (κ3) is 1.68. The summed E-state index contributed by atoms with van der Waals surface area (Å²) < 4.78 is 0. The molecule has 1 aromatic rings. The Bertz CT molecular complexity index is 393. The van der Waals surface area contributed by atoms with Crippen LogP contribution in [0.15, 0.2) is 18.5 Å². The van der Waals surface area contributed by atoms with Crippen molar-refractivity contribution >= 4 is 11.9 Å². The maximum atomic E-state index is 11.8. The van der Waals surface area contributed by atoms with Crippen LogP contribution in [-0.4, -0.2) is 22.0 Å². The average molecular weight is 222 g/mol. The highest BCUT2D eigenvalue weighted by Crippen LogP contribution is 2.41. The minimum Gasteiger partial charge on any atom is -0.480 e. The maximum Gasteiger partial charge on any atom is 0.319 e. The molecular weight excluding hydrogens is 208 g/mol. The van der Waals surface area contributed by atoms with E-state index < -0.39 is 11.4 Å². The predicted octanol–water partition coefficient (Wildman–Crippen LogP) is 0.886. The van der Waals surface area contributed by atoms with E-state index in [1.807, 2.05) is 6.07 Å². The number of carboxylic acids is 1. The summed E-state index contributed by atoms with van der Waals surface area (Å²) in [5, 5.41) is 11.7. The number of amides is 1. The number of hydrogen-bond donors (Lipinski definition) is 3. The van der Waals surface area contributed by atoms with Gasteiger partial charge in [0.15, 0.2) is 0 Å². The van der Waals surface area contributed by atoms with E-state index >= 15 is 0 Å². The third-order valence-corrected chi connectivity index (χ3v) is 3.17. The van der Waals surface area contributed by atoms with E-state index in [4.69, 9.17) is 5.11 Å². The molecule has 1 amide bonds. The fourth-order valence-electron chi connectivity index (χ4n) is 1.89. The number of aromatic amines is 1. The van der Waals surface area contributed by atoms with Gasteiger partial charge in [0.25, 0.3) is 0 Å². The van der Waals surface area contributed by atoms with E-state index in [-0.39, 0.29) is 5.91 Å². The molecule has 1 aliphatic rings. The van der Waals surface area contributed by atoms with Gasteiger partial charge in [-0.1, -0.05) is 6.42 Å². The summed E-state index contributed by atoms with van der Waals surface area (Å²) in [6, 6.07) is 1.84. The molecule has 1 aromatic heterocycles. The molecule has 0 aromatic carbocycles. The highest BCUT2D eigenvalue weighted by atomic mass is 16.4. The summed E-state index contributed by atoms with van der Waals surface area (Å²) in [5.74, 6) is -1.38.